The number of benzene rings is 3. The van der Waals surface area contributed by atoms with E-state index in [-0.39, 0.29) is 40.9 Å². The third kappa shape index (κ3) is 5.48. The minimum Gasteiger partial charge on any atom is -0.508 e. The molecule has 0 radical (unpaired) electrons. The molecular formula is C25H18N4O10. The number of hydrogen-bond acceptors (Lipinski definition) is 10. The van der Waals surface area contributed by atoms with E-state index in [4.69, 9.17) is 9.47 Å². The van der Waals surface area contributed by atoms with Gasteiger partial charge < -0.3 is 14.6 Å². The molecule has 3 aromatic carbocycles. The van der Waals surface area contributed by atoms with Crippen LogP contribution in [0.5, 0.6) is 23.0 Å². The van der Waals surface area contributed by atoms with Gasteiger partial charge in [0.15, 0.2) is 11.5 Å². The maximum Gasteiger partial charge on any atom is 0.335 e. The Morgan fingerprint density at radius 3 is 2.26 bits per heavy atom. The lowest BCUT2D eigenvalue weighted by atomic mass is 10.1. The van der Waals surface area contributed by atoms with Crippen LogP contribution < -0.4 is 19.7 Å². The SMILES string of the molecule is CCOc1cc(/C=C2\C(=O)NC(=O)N(c3ccc(O)cc3)C2=O)ccc1Oc1ccc([N+](=O)[O-])cc1[N+](=O)[O-]. The Morgan fingerprint density at radius 2 is 1.62 bits per heavy atom. The summed E-state index contributed by atoms with van der Waals surface area (Å²) in [4.78, 5) is 59.5. The number of barbiturate groups is 1. The molecule has 0 aliphatic carbocycles. The maximum absolute atomic E-state index is 13.1. The third-order valence-electron chi connectivity index (χ3n) is 5.36. The Morgan fingerprint density at radius 1 is 0.923 bits per heavy atom. The van der Waals surface area contributed by atoms with Crippen molar-refractivity contribution in [2.75, 3.05) is 11.5 Å². The first kappa shape index (κ1) is 26.3. The zero-order chi connectivity index (χ0) is 28.3. The molecule has 1 aliphatic heterocycles. The number of hydrogen-bond donors (Lipinski definition) is 2. The number of anilines is 1. The summed E-state index contributed by atoms with van der Waals surface area (Å²) in [6.45, 7) is 1.82. The lowest BCUT2D eigenvalue weighted by Crippen LogP contribution is -2.54. The molecule has 14 nitrogen and oxygen atoms in total. The van der Waals surface area contributed by atoms with Crippen LogP contribution in [0.1, 0.15) is 12.5 Å². The number of imide groups is 2. The van der Waals surface area contributed by atoms with Gasteiger partial charge in [-0.3, -0.25) is 35.1 Å². The molecule has 0 spiro atoms. The van der Waals surface area contributed by atoms with Gasteiger partial charge in [-0.05, 0) is 61.0 Å². The Hall–Kier alpha value is -5.79. The second-order valence-corrected chi connectivity index (χ2v) is 7.88. The lowest BCUT2D eigenvalue weighted by Gasteiger charge is -2.26. The van der Waals surface area contributed by atoms with Crippen molar-refractivity contribution in [1.29, 1.82) is 0 Å². The van der Waals surface area contributed by atoms with Gasteiger partial charge in [0.1, 0.15) is 11.3 Å². The fraction of sp³-hybridized carbons (Fsp3) is 0.0800. The van der Waals surface area contributed by atoms with Crippen LogP contribution in [0, 0.1) is 20.2 Å². The molecule has 4 amide bonds. The molecule has 3 aromatic rings. The quantitative estimate of drug-likeness (QED) is 0.184. The summed E-state index contributed by atoms with van der Waals surface area (Å²) < 4.78 is 11.2. The predicted octanol–water partition coefficient (Wildman–Crippen LogP) is 4.07. The van der Waals surface area contributed by atoms with Crippen LogP contribution in [0.2, 0.25) is 0 Å². The molecule has 0 aromatic heterocycles. The van der Waals surface area contributed by atoms with Crippen LogP contribution in [0.3, 0.4) is 0 Å². The first-order valence-electron chi connectivity index (χ1n) is 11.2. The minimum atomic E-state index is -0.962. The van der Waals surface area contributed by atoms with E-state index >= 15 is 0 Å². The molecule has 198 valence electrons. The topological polar surface area (TPSA) is 191 Å². The fourth-order valence-corrected chi connectivity index (χ4v) is 3.59. The molecule has 0 atom stereocenters. The number of phenols is 1. The van der Waals surface area contributed by atoms with Crippen molar-refractivity contribution in [2.24, 2.45) is 0 Å². The van der Waals surface area contributed by atoms with Gasteiger partial charge in [0, 0.05) is 6.07 Å². The molecule has 0 bridgehead atoms. The Bertz CT molecular complexity index is 1550. The minimum absolute atomic E-state index is 0.0243. The monoisotopic (exact) mass is 534 g/mol. The van der Waals surface area contributed by atoms with Crippen LogP contribution in [0.4, 0.5) is 21.9 Å². The van der Waals surface area contributed by atoms with Gasteiger partial charge in [0.25, 0.3) is 17.5 Å². The van der Waals surface area contributed by atoms with Crippen LogP contribution >= 0.6 is 0 Å². The number of amides is 4. The van der Waals surface area contributed by atoms with E-state index in [1.54, 1.807) is 6.92 Å². The molecule has 0 saturated carbocycles. The van der Waals surface area contributed by atoms with Crippen LogP contribution in [0.25, 0.3) is 6.08 Å². The molecule has 0 unspecified atom stereocenters. The zero-order valence-electron chi connectivity index (χ0n) is 20.0. The summed E-state index contributed by atoms with van der Waals surface area (Å²) in [5, 5.41) is 34.0. The van der Waals surface area contributed by atoms with Gasteiger partial charge in [0.2, 0.25) is 5.75 Å². The van der Waals surface area contributed by atoms with Crippen LogP contribution in [-0.2, 0) is 9.59 Å². The predicted molar refractivity (Wildman–Crippen MR) is 135 cm³/mol. The van der Waals surface area contributed by atoms with E-state index in [9.17, 15) is 39.7 Å². The number of carbonyl (C=O) groups is 3. The lowest BCUT2D eigenvalue weighted by molar-refractivity contribution is -0.394. The number of urea groups is 1. The highest BCUT2D eigenvalue weighted by atomic mass is 16.6. The zero-order valence-corrected chi connectivity index (χ0v) is 20.0. The van der Waals surface area contributed by atoms with Gasteiger partial charge in [-0.15, -0.1) is 0 Å². The Kier molecular flexibility index (Phi) is 7.19. The number of aromatic hydroxyl groups is 1. The molecule has 2 N–H and O–H groups in total. The number of carbonyl (C=O) groups excluding carboxylic acids is 3. The van der Waals surface area contributed by atoms with Crippen molar-refractivity contribution in [3.05, 3.63) is 92.0 Å². The molecule has 39 heavy (non-hydrogen) atoms. The van der Waals surface area contributed by atoms with Crippen LogP contribution in [0.15, 0.2) is 66.2 Å². The number of nitro benzene ring substituents is 2. The number of nitrogens with zero attached hydrogens (tertiary/aromatic N) is 3. The standard InChI is InChI=1S/C25H18N4O10/c1-2-38-22-12-14(3-9-21(22)39-20-10-6-16(28(34)35)13-19(20)29(36)37)11-18-23(31)26-25(33)27(24(18)32)15-4-7-17(30)8-5-15/h3-13,30H,2H2,1H3,(H,26,31,33)/b18-11+. The van der Waals surface area contributed by atoms with E-state index in [2.05, 4.69) is 5.32 Å². The fourth-order valence-electron chi connectivity index (χ4n) is 3.59. The third-order valence-corrected chi connectivity index (χ3v) is 5.36. The van der Waals surface area contributed by atoms with Gasteiger partial charge in [0.05, 0.1) is 28.2 Å². The van der Waals surface area contributed by atoms with Crippen molar-refractivity contribution in [3.8, 4) is 23.0 Å². The van der Waals surface area contributed by atoms with Crippen molar-refractivity contribution >= 4 is 41.0 Å². The number of nitro groups is 2. The van der Waals surface area contributed by atoms with Crippen molar-refractivity contribution < 1.29 is 38.8 Å². The maximum atomic E-state index is 13.1. The van der Waals surface area contributed by atoms with Crippen molar-refractivity contribution in [3.63, 3.8) is 0 Å². The summed E-state index contributed by atoms with van der Waals surface area (Å²) in [5.41, 5.74) is -1.08. The second kappa shape index (κ2) is 10.7. The Balaban J connectivity index is 1.69. The number of ether oxygens (including phenoxy) is 2. The molecule has 1 saturated heterocycles. The average molecular weight is 534 g/mol. The second-order valence-electron chi connectivity index (χ2n) is 7.88. The highest BCUT2D eigenvalue weighted by Gasteiger charge is 2.37. The summed E-state index contributed by atoms with van der Waals surface area (Å²) in [5.74, 6) is -2.08. The summed E-state index contributed by atoms with van der Waals surface area (Å²) in [7, 11) is 0. The molecule has 4 rings (SSSR count). The highest BCUT2D eigenvalue weighted by Crippen LogP contribution is 2.39. The summed E-state index contributed by atoms with van der Waals surface area (Å²) in [6.07, 6.45) is 1.22. The number of nitrogens with one attached hydrogen (secondary N) is 1. The van der Waals surface area contributed by atoms with Crippen molar-refractivity contribution in [1.82, 2.24) is 5.32 Å². The largest absolute Gasteiger partial charge is 0.508 e. The molecule has 14 heteroatoms. The van der Waals surface area contributed by atoms with E-state index in [0.29, 0.717) is 5.56 Å². The van der Waals surface area contributed by atoms with Gasteiger partial charge in [-0.2, -0.15) is 0 Å². The average Bonchev–Trinajstić information content (AvgIpc) is 2.89. The molecule has 1 heterocycles. The van der Waals surface area contributed by atoms with E-state index < -0.39 is 39.1 Å². The van der Waals surface area contributed by atoms with Gasteiger partial charge in [-0.1, -0.05) is 6.07 Å². The molecular weight excluding hydrogens is 516 g/mol. The summed E-state index contributed by atoms with van der Waals surface area (Å²) in [6, 6.07) is 11.4. The molecule has 1 fully saturated rings. The van der Waals surface area contributed by atoms with E-state index in [0.717, 1.165) is 23.1 Å². The number of phenolic OH excluding ortho intramolecular Hbond substituents is 1. The normalized spacial score (nSPS) is 14.2. The highest BCUT2D eigenvalue weighted by molar-refractivity contribution is 6.39. The number of non-ortho nitro benzene ring substituents is 1. The smallest absolute Gasteiger partial charge is 0.335 e. The van der Waals surface area contributed by atoms with Gasteiger partial charge >= 0.3 is 11.7 Å². The first-order valence-corrected chi connectivity index (χ1v) is 11.2. The van der Waals surface area contributed by atoms with Gasteiger partial charge in [-0.25, -0.2) is 9.69 Å². The summed E-state index contributed by atoms with van der Waals surface area (Å²) >= 11 is 0. The van der Waals surface area contributed by atoms with E-state index in [1.807, 2.05) is 0 Å². The molecule has 1 aliphatic rings. The van der Waals surface area contributed by atoms with E-state index in [1.165, 1.54) is 48.5 Å². The Labute approximate surface area is 219 Å². The number of rotatable bonds is 8. The first-order chi connectivity index (χ1) is 18.6. The van der Waals surface area contributed by atoms with Crippen molar-refractivity contribution in [2.45, 2.75) is 6.92 Å². The van der Waals surface area contributed by atoms with Crippen LogP contribution in [-0.4, -0.2) is 39.4 Å².